The standard InChI is InChI=1S/C15H25N3O2S/c1-12(2)9-16-10-13-5-4-7-17-15(13)18(3)14-6-8-21(19,20)11-14/h4-5,7,12,14,16H,6,8-11H2,1-3H3. The normalized spacial score (nSPS) is 20.9. The van der Waals surface area contributed by atoms with Gasteiger partial charge in [0.15, 0.2) is 9.84 Å². The molecular formula is C15H25N3O2S. The highest BCUT2D eigenvalue weighted by Crippen LogP contribution is 2.24. The van der Waals surface area contributed by atoms with Gasteiger partial charge in [0.05, 0.1) is 11.5 Å². The van der Waals surface area contributed by atoms with Crippen molar-refractivity contribution in [1.29, 1.82) is 0 Å². The summed E-state index contributed by atoms with van der Waals surface area (Å²) in [5.41, 5.74) is 1.12. The zero-order chi connectivity index (χ0) is 15.5. The molecule has 1 saturated heterocycles. The van der Waals surface area contributed by atoms with Gasteiger partial charge in [-0.05, 0) is 24.9 Å². The monoisotopic (exact) mass is 311 g/mol. The van der Waals surface area contributed by atoms with E-state index >= 15 is 0 Å². The number of hydrogen-bond acceptors (Lipinski definition) is 5. The van der Waals surface area contributed by atoms with Gasteiger partial charge in [0, 0.05) is 31.4 Å². The van der Waals surface area contributed by atoms with Crippen LogP contribution in [0.25, 0.3) is 0 Å². The maximum absolute atomic E-state index is 11.6. The van der Waals surface area contributed by atoms with Gasteiger partial charge in [0.1, 0.15) is 5.82 Å². The molecule has 118 valence electrons. The molecule has 2 rings (SSSR count). The number of nitrogens with one attached hydrogen (secondary N) is 1. The average Bonchev–Trinajstić information content (AvgIpc) is 2.78. The molecule has 0 saturated carbocycles. The van der Waals surface area contributed by atoms with E-state index in [0.717, 1.165) is 24.5 Å². The quantitative estimate of drug-likeness (QED) is 0.861. The van der Waals surface area contributed by atoms with Crippen molar-refractivity contribution in [3.05, 3.63) is 23.9 Å². The fourth-order valence-corrected chi connectivity index (χ4v) is 4.41. The summed E-state index contributed by atoms with van der Waals surface area (Å²) in [6, 6.07) is 4.01. The average molecular weight is 311 g/mol. The highest BCUT2D eigenvalue weighted by molar-refractivity contribution is 7.91. The number of nitrogens with zero attached hydrogens (tertiary/aromatic N) is 2. The Labute approximate surface area is 127 Å². The van der Waals surface area contributed by atoms with E-state index in [1.54, 1.807) is 6.20 Å². The lowest BCUT2D eigenvalue weighted by Crippen LogP contribution is -2.34. The molecule has 1 aromatic heterocycles. The Bertz CT molecular complexity index is 572. The van der Waals surface area contributed by atoms with Gasteiger partial charge in [-0.3, -0.25) is 0 Å². The molecule has 5 nitrogen and oxygen atoms in total. The highest BCUT2D eigenvalue weighted by Gasteiger charge is 2.31. The molecule has 1 aliphatic heterocycles. The lowest BCUT2D eigenvalue weighted by molar-refractivity contribution is 0.550. The first-order valence-corrected chi connectivity index (χ1v) is 9.29. The molecule has 2 heterocycles. The summed E-state index contributed by atoms with van der Waals surface area (Å²) in [4.78, 5) is 6.48. The Morgan fingerprint density at radius 2 is 2.24 bits per heavy atom. The first-order chi connectivity index (χ1) is 9.89. The van der Waals surface area contributed by atoms with Crippen molar-refractivity contribution in [3.63, 3.8) is 0 Å². The Kier molecular flexibility index (Phi) is 5.22. The minimum atomic E-state index is -2.87. The van der Waals surface area contributed by atoms with E-state index in [1.807, 2.05) is 18.0 Å². The van der Waals surface area contributed by atoms with Crippen LogP contribution >= 0.6 is 0 Å². The van der Waals surface area contributed by atoms with E-state index in [9.17, 15) is 8.42 Å². The van der Waals surface area contributed by atoms with Gasteiger partial charge in [-0.15, -0.1) is 0 Å². The van der Waals surface area contributed by atoms with Crippen LogP contribution in [0.15, 0.2) is 18.3 Å². The Morgan fingerprint density at radius 3 is 2.86 bits per heavy atom. The van der Waals surface area contributed by atoms with E-state index in [-0.39, 0.29) is 17.5 Å². The molecule has 1 fully saturated rings. The number of anilines is 1. The maximum Gasteiger partial charge on any atom is 0.152 e. The molecule has 1 aliphatic rings. The van der Waals surface area contributed by atoms with Gasteiger partial charge in [0.25, 0.3) is 0 Å². The van der Waals surface area contributed by atoms with Crippen molar-refractivity contribution in [1.82, 2.24) is 10.3 Å². The number of hydrogen-bond donors (Lipinski definition) is 1. The third-order valence-corrected chi connectivity index (χ3v) is 5.58. The van der Waals surface area contributed by atoms with Crippen molar-refractivity contribution < 1.29 is 8.42 Å². The van der Waals surface area contributed by atoms with Crippen molar-refractivity contribution in [3.8, 4) is 0 Å². The molecule has 1 N–H and O–H groups in total. The van der Waals surface area contributed by atoms with Crippen LogP contribution in [0, 0.1) is 5.92 Å². The molecule has 0 aliphatic carbocycles. The Morgan fingerprint density at radius 1 is 1.48 bits per heavy atom. The minimum absolute atomic E-state index is 0.0359. The molecule has 0 radical (unpaired) electrons. The van der Waals surface area contributed by atoms with E-state index in [4.69, 9.17) is 0 Å². The first kappa shape index (κ1) is 16.2. The molecular weight excluding hydrogens is 286 g/mol. The van der Waals surface area contributed by atoms with Gasteiger partial charge in [-0.1, -0.05) is 19.9 Å². The van der Waals surface area contributed by atoms with Crippen LogP contribution in [0.1, 0.15) is 25.8 Å². The fourth-order valence-electron chi connectivity index (χ4n) is 2.64. The van der Waals surface area contributed by atoms with Gasteiger partial charge in [0.2, 0.25) is 0 Å². The smallest absolute Gasteiger partial charge is 0.152 e. The van der Waals surface area contributed by atoms with E-state index in [0.29, 0.717) is 12.3 Å². The predicted molar refractivity (Wildman–Crippen MR) is 86.2 cm³/mol. The van der Waals surface area contributed by atoms with Crippen LogP contribution in [0.4, 0.5) is 5.82 Å². The second-order valence-corrected chi connectivity index (χ2v) is 8.41. The summed E-state index contributed by atoms with van der Waals surface area (Å²) in [6.07, 6.45) is 2.45. The molecule has 0 amide bonds. The minimum Gasteiger partial charge on any atom is -0.355 e. The van der Waals surface area contributed by atoms with Crippen LogP contribution in [-0.4, -0.2) is 44.5 Å². The number of pyridine rings is 1. The van der Waals surface area contributed by atoms with Gasteiger partial charge >= 0.3 is 0 Å². The predicted octanol–water partition coefficient (Wildman–Crippen LogP) is 1.45. The second-order valence-electron chi connectivity index (χ2n) is 6.18. The summed E-state index contributed by atoms with van der Waals surface area (Å²) in [6.45, 7) is 6.06. The van der Waals surface area contributed by atoms with Crippen LogP contribution in [-0.2, 0) is 16.4 Å². The summed E-state index contributed by atoms with van der Waals surface area (Å²) < 4.78 is 23.3. The van der Waals surface area contributed by atoms with Gasteiger partial charge in [-0.2, -0.15) is 0 Å². The third kappa shape index (κ3) is 4.41. The number of rotatable bonds is 6. The molecule has 1 aromatic rings. The van der Waals surface area contributed by atoms with E-state index in [2.05, 4.69) is 30.2 Å². The fraction of sp³-hybridized carbons (Fsp3) is 0.667. The molecule has 21 heavy (non-hydrogen) atoms. The SMILES string of the molecule is CC(C)CNCc1cccnc1N(C)C1CCS(=O)(=O)C1. The molecule has 0 aromatic carbocycles. The van der Waals surface area contributed by atoms with Crippen LogP contribution < -0.4 is 10.2 Å². The first-order valence-electron chi connectivity index (χ1n) is 7.47. The Balaban J connectivity index is 2.08. The lowest BCUT2D eigenvalue weighted by atomic mass is 10.1. The molecule has 0 spiro atoms. The van der Waals surface area contributed by atoms with Crippen LogP contribution in [0.2, 0.25) is 0 Å². The summed E-state index contributed by atoms with van der Waals surface area (Å²) in [5, 5.41) is 3.42. The van der Waals surface area contributed by atoms with Gasteiger partial charge in [-0.25, -0.2) is 13.4 Å². The summed E-state index contributed by atoms with van der Waals surface area (Å²) in [5.74, 6) is 2.01. The van der Waals surface area contributed by atoms with Crippen molar-refractivity contribution in [2.45, 2.75) is 32.9 Å². The van der Waals surface area contributed by atoms with Crippen molar-refractivity contribution in [2.75, 3.05) is 30.0 Å². The molecule has 6 heteroatoms. The lowest BCUT2D eigenvalue weighted by Gasteiger charge is -2.26. The topological polar surface area (TPSA) is 62.3 Å². The molecule has 0 bridgehead atoms. The number of sulfone groups is 1. The zero-order valence-corrected chi connectivity index (χ0v) is 13.9. The largest absolute Gasteiger partial charge is 0.355 e. The highest BCUT2D eigenvalue weighted by atomic mass is 32.2. The van der Waals surface area contributed by atoms with Crippen LogP contribution in [0.5, 0.6) is 0 Å². The summed E-state index contributed by atoms with van der Waals surface area (Å²) >= 11 is 0. The molecule has 1 unspecified atom stereocenters. The second kappa shape index (κ2) is 6.75. The molecule has 1 atom stereocenters. The third-order valence-electron chi connectivity index (χ3n) is 3.83. The summed E-state index contributed by atoms with van der Waals surface area (Å²) in [7, 11) is -0.930. The van der Waals surface area contributed by atoms with Crippen molar-refractivity contribution >= 4 is 15.7 Å². The maximum atomic E-state index is 11.6. The zero-order valence-electron chi connectivity index (χ0n) is 13.0. The van der Waals surface area contributed by atoms with Crippen molar-refractivity contribution in [2.24, 2.45) is 5.92 Å². The van der Waals surface area contributed by atoms with Crippen LogP contribution in [0.3, 0.4) is 0 Å². The van der Waals surface area contributed by atoms with E-state index in [1.165, 1.54) is 0 Å². The Hall–Kier alpha value is -1.14. The van der Waals surface area contributed by atoms with Gasteiger partial charge < -0.3 is 10.2 Å². The van der Waals surface area contributed by atoms with E-state index < -0.39 is 9.84 Å². The number of aromatic nitrogens is 1.